The fraction of sp³-hybridized carbons (Fsp3) is 0.278. The Morgan fingerprint density at radius 2 is 1.64 bits per heavy atom. The van der Waals surface area contributed by atoms with Crippen LogP contribution in [-0.4, -0.2) is 5.78 Å². The number of hydrogen-bond acceptors (Lipinski definition) is 1. The van der Waals surface area contributed by atoms with Crippen molar-refractivity contribution in [2.45, 2.75) is 32.9 Å². The Labute approximate surface area is 127 Å². The fourth-order valence-electron chi connectivity index (χ4n) is 2.48. The minimum absolute atomic E-state index is 0.110. The summed E-state index contributed by atoms with van der Waals surface area (Å²) in [6.07, 6.45) is -3.70. The zero-order chi connectivity index (χ0) is 16.3. The number of benzene rings is 2. The zero-order valence-electron chi connectivity index (χ0n) is 12.5. The number of carbonyl (C=O) groups is 1. The molecule has 0 bridgehead atoms. The Balaban J connectivity index is 2.09. The van der Waals surface area contributed by atoms with Gasteiger partial charge in [-0.15, -0.1) is 0 Å². The summed E-state index contributed by atoms with van der Waals surface area (Å²) in [7, 11) is 0. The van der Waals surface area contributed by atoms with E-state index >= 15 is 0 Å². The summed E-state index contributed by atoms with van der Waals surface area (Å²) < 4.78 is 38.0. The van der Waals surface area contributed by atoms with E-state index in [1.54, 1.807) is 0 Å². The summed E-state index contributed by atoms with van der Waals surface area (Å²) in [5.74, 6) is -0.273. The number of alkyl halides is 3. The molecule has 116 valence electrons. The topological polar surface area (TPSA) is 17.1 Å². The highest BCUT2D eigenvalue weighted by Gasteiger charge is 2.30. The Bertz CT molecular complexity index is 667. The van der Waals surface area contributed by atoms with Gasteiger partial charge in [0.1, 0.15) is 0 Å². The van der Waals surface area contributed by atoms with E-state index in [2.05, 4.69) is 0 Å². The third kappa shape index (κ3) is 4.20. The molecule has 0 amide bonds. The van der Waals surface area contributed by atoms with E-state index in [1.807, 2.05) is 32.0 Å². The smallest absolute Gasteiger partial charge is 0.294 e. The molecule has 0 aliphatic rings. The quantitative estimate of drug-likeness (QED) is 0.715. The summed E-state index contributed by atoms with van der Waals surface area (Å²) in [5, 5.41) is 0. The van der Waals surface area contributed by atoms with Gasteiger partial charge in [0.15, 0.2) is 5.78 Å². The Kier molecular flexibility index (Phi) is 4.69. The number of aryl methyl sites for hydroxylation is 3. The summed E-state index contributed by atoms with van der Waals surface area (Å²) in [6, 6.07) is 10.6. The van der Waals surface area contributed by atoms with E-state index in [0.29, 0.717) is 6.42 Å². The number of Topliss-reactive ketones (excluding diaryl/α,β-unsaturated/α-hetero) is 1. The molecule has 22 heavy (non-hydrogen) atoms. The molecule has 0 heterocycles. The van der Waals surface area contributed by atoms with Crippen LogP contribution in [0, 0.1) is 13.8 Å². The summed E-state index contributed by atoms with van der Waals surface area (Å²) >= 11 is 0. The number of rotatable bonds is 4. The first kappa shape index (κ1) is 16.3. The molecule has 0 fully saturated rings. The molecule has 1 nitrogen and oxygen atoms in total. The predicted molar refractivity (Wildman–Crippen MR) is 80.0 cm³/mol. The zero-order valence-corrected chi connectivity index (χ0v) is 12.5. The average molecular weight is 306 g/mol. The van der Waals surface area contributed by atoms with Crippen LogP contribution in [0.15, 0.2) is 42.5 Å². The minimum atomic E-state index is -4.43. The molecule has 0 radical (unpaired) electrons. The number of carbonyl (C=O) groups excluding carboxylic acids is 1. The first-order valence-electron chi connectivity index (χ1n) is 7.03. The lowest BCUT2D eigenvalue weighted by molar-refractivity contribution is -0.137. The number of hydrogen-bond donors (Lipinski definition) is 0. The van der Waals surface area contributed by atoms with Crippen LogP contribution < -0.4 is 0 Å². The largest absolute Gasteiger partial charge is 0.416 e. The lowest BCUT2D eigenvalue weighted by Crippen LogP contribution is -2.08. The van der Waals surface area contributed by atoms with Crippen molar-refractivity contribution in [3.63, 3.8) is 0 Å². The van der Waals surface area contributed by atoms with Crippen molar-refractivity contribution >= 4 is 5.78 Å². The second kappa shape index (κ2) is 6.34. The van der Waals surface area contributed by atoms with Crippen molar-refractivity contribution < 1.29 is 18.0 Å². The van der Waals surface area contributed by atoms with Crippen molar-refractivity contribution in [3.05, 3.63) is 70.3 Å². The van der Waals surface area contributed by atoms with Crippen LogP contribution in [-0.2, 0) is 12.6 Å². The van der Waals surface area contributed by atoms with Gasteiger partial charge in [-0.3, -0.25) is 4.79 Å². The molecule has 0 atom stereocenters. The van der Waals surface area contributed by atoms with Crippen LogP contribution in [0.4, 0.5) is 13.2 Å². The molecule has 0 spiro atoms. The average Bonchev–Trinajstić information content (AvgIpc) is 2.43. The molecule has 0 saturated heterocycles. The van der Waals surface area contributed by atoms with Crippen LogP contribution in [0.25, 0.3) is 0 Å². The Morgan fingerprint density at radius 3 is 2.23 bits per heavy atom. The lowest BCUT2D eigenvalue weighted by Gasteiger charge is -2.08. The summed E-state index contributed by atoms with van der Waals surface area (Å²) in [4.78, 5) is 12.1. The highest BCUT2D eigenvalue weighted by Crippen LogP contribution is 2.29. The van der Waals surface area contributed by atoms with Gasteiger partial charge in [0.25, 0.3) is 0 Å². The molecule has 0 N–H and O–H groups in total. The maximum atomic E-state index is 12.7. The van der Waals surface area contributed by atoms with E-state index in [-0.39, 0.29) is 17.8 Å². The van der Waals surface area contributed by atoms with Crippen molar-refractivity contribution in [3.8, 4) is 0 Å². The molecule has 0 aromatic heterocycles. The first-order valence-corrected chi connectivity index (χ1v) is 7.03. The van der Waals surface area contributed by atoms with Gasteiger partial charge >= 0.3 is 6.18 Å². The molecule has 2 aromatic carbocycles. The fourth-order valence-corrected chi connectivity index (χ4v) is 2.48. The highest BCUT2D eigenvalue weighted by molar-refractivity contribution is 5.96. The molecule has 2 aromatic rings. The van der Waals surface area contributed by atoms with Crippen LogP contribution in [0.2, 0.25) is 0 Å². The van der Waals surface area contributed by atoms with Gasteiger partial charge < -0.3 is 0 Å². The minimum Gasteiger partial charge on any atom is -0.294 e. The van der Waals surface area contributed by atoms with Crippen LogP contribution in [0.3, 0.4) is 0 Å². The number of ketones is 1. The van der Waals surface area contributed by atoms with Gasteiger partial charge in [-0.05, 0) is 38.0 Å². The van der Waals surface area contributed by atoms with E-state index < -0.39 is 11.7 Å². The molecule has 0 unspecified atom stereocenters. The number of halogens is 3. The lowest BCUT2D eigenvalue weighted by atomic mass is 9.99. The van der Waals surface area contributed by atoms with Gasteiger partial charge in [-0.25, -0.2) is 0 Å². The summed E-state index contributed by atoms with van der Waals surface area (Å²) in [6.45, 7) is 3.95. The Hall–Kier alpha value is -2.10. The highest BCUT2D eigenvalue weighted by atomic mass is 19.4. The predicted octanol–water partition coefficient (Wildman–Crippen LogP) is 5.14. The maximum Gasteiger partial charge on any atom is 0.416 e. The Morgan fingerprint density at radius 1 is 1.00 bits per heavy atom. The molecule has 0 saturated carbocycles. The van der Waals surface area contributed by atoms with E-state index in [9.17, 15) is 18.0 Å². The molecule has 0 aliphatic heterocycles. The third-order valence-corrected chi connectivity index (χ3v) is 3.43. The van der Waals surface area contributed by atoms with Crippen molar-refractivity contribution in [1.29, 1.82) is 0 Å². The van der Waals surface area contributed by atoms with E-state index in [0.717, 1.165) is 28.8 Å². The second-order valence-electron chi connectivity index (χ2n) is 5.50. The van der Waals surface area contributed by atoms with Crippen molar-refractivity contribution in [2.75, 3.05) is 0 Å². The maximum absolute atomic E-state index is 12.7. The normalized spacial score (nSPS) is 11.5. The molecule has 2 rings (SSSR count). The summed E-state index contributed by atoms with van der Waals surface area (Å²) in [5.41, 5.74) is 2.57. The molecular weight excluding hydrogens is 289 g/mol. The van der Waals surface area contributed by atoms with Gasteiger partial charge in [-0.1, -0.05) is 41.5 Å². The second-order valence-corrected chi connectivity index (χ2v) is 5.50. The third-order valence-electron chi connectivity index (χ3n) is 3.43. The molecule has 0 aliphatic carbocycles. The van der Waals surface area contributed by atoms with Crippen LogP contribution >= 0.6 is 0 Å². The van der Waals surface area contributed by atoms with E-state index in [4.69, 9.17) is 0 Å². The van der Waals surface area contributed by atoms with Crippen molar-refractivity contribution in [2.24, 2.45) is 0 Å². The standard InChI is InChI=1S/C18H17F3O/c1-12-8-13(2)10-14(9-12)6-7-17(22)15-4-3-5-16(11-15)18(19,20)21/h3-5,8-11H,6-7H2,1-2H3. The first-order chi connectivity index (χ1) is 10.3. The van der Waals surface area contributed by atoms with Gasteiger partial charge in [-0.2, -0.15) is 13.2 Å². The monoisotopic (exact) mass is 306 g/mol. The van der Waals surface area contributed by atoms with E-state index in [1.165, 1.54) is 12.1 Å². The SMILES string of the molecule is Cc1cc(C)cc(CCC(=O)c2cccc(C(F)(F)F)c2)c1. The van der Waals surface area contributed by atoms with Gasteiger partial charge in [0.05, 0.1) is 5.56 Å². The van der Waals surface area contributed by atoms with Gasteiger partial charge in [0.2, 0.25) is 0 Å². The van der Waals surface area contributed by atoms with Gasteiger partial charge in [0, 0.05) is 12.0 Å². The molecule has 4 heteroatoms. The van der Waals surface area contributed by atoms with Crippen LogP contribution in [0.1, 0.15) is 39.0 Å². The van der Waals surface area contributed by atoms with Crippen LogP contribution in [0.5, 0.6) is 0 Å². The molecular formula is C18H17F3O. The van der Waals surface area contributed by atoms with Crippen molar-refractivity contribution in [1.82, 2.24) is 0 Å².